The zero-order chi connectivity index (χ0) is 10.1. The summed E-state index contributed by atoms with van der Waals surface area (Å²) in [5, 5.41) is 4.62. The largest absolute Gasteiger partial charge is 0.335 e. The van der Waals surface area contributed by atoms with Crippen molar-refractivity contribution in [3.8, 4) is 0 Å². The molecule has 0 aliphatic carbocycles. The molecule has 0 saturated carbocycles. The molecular weight excluding hydrogens is 202 g/mol. The Hall–Kier alpha value is -1.12. The summed E-state index contributed by atoms with van der Waals surface area (Å²) in [6, 6.07) is 13.8. The standard InChI is InChI=1S/C13H13NS/c1-2-5-11-10(4-1)7-8-14-13(11)12-6-3-9-15-12/h1-6,9,13-14H,7-8H2/p+1. The van der Waals surface area contributed by atoms with Gasteiger partial charge in [0.05, 0.1) is 11.4 Å². The summed E-state index contributed by atoms with van der Waals surface area (Å²) in [4.78, 5) is 1.47. The van der Waals surface area contributed by atoms with Gasteiger partial charge in [0.1, 0.15) is 6.04 Å². The van der Waals surface area contributed by atoms with Crippen molar-refractivity contribution in [2.75, 3.05) is 6.54 Å². The van der Waals surface area contributed by atoms with Gasteiger partial charge >= 0.3 is 0 Å². The fraction of sp³-hybridized carbons (Fsp3) is 0.231. The van der Waals surface area contributed by atoms with Crippen molar-refractivity contribution >= 4 is 11.3 Å². The van der Waals surface area contributed by atoms with Gasteiger partial charge in [-0.2, -0.15) is 0 Å². The molecule has 2 heterocycles. The Morgan fingerprint density at radius 2 is 2.07 bits per heavy atom. The number of hydrogen-bond donors (Lipinski definition) is 1. The highest BCUT2D eigenvalue weighted by atomic mass is 32.1. The fourth-order valence-corrected chi connectivity index (χ4v) is 3.18. The van der Waals surface area contributed by atoms with Crippen molar-refractivity contribution in [1.29, 1.82) is 0 Å². The Morgan fingerprint density at radius 1 is 1.13 bits per heavy atom. The van der Waals surface area contributed by atoms with Crippen LogP contribution in [0.15, 0.2) is 41.8 Å². The first-order valence-electron chi connectivity index (χ1n) is 5.40. The molecule has 3 rings (SSSR count). The zero-order valence-electron chi connectivity index (χ0n) is 8.52. The first kappa shape index (κ1) is 9.13. The molecule has 15 heavy (non-hydrogen) atoms. The van der Waals surface area contributed by atoms with Crippen LogP contribution < -0.4 is 5.32 Å². The number of fused-ring (bicyclic) bond motifs is 1. The second-order valence-electron chi connectivity index (χ2n) is 3.97. The molecule has 1 atom stereocenters. The number of thiophene rings is 1. The lowest BCUT2D eigenvalue weighted by Gasteiger charge is -2.22. The molecule has 0 bridgehead atoms. The molecule has 0 radical (unpaired) electrons. The number of quaternary nitrogens is 1. The first-order valence-corrected chi connectivity index (χ1v) is 6.27. The molecule has 0 saturated heterocycles. The topological polar surface area (TPSA) is 16.6 Å². The van der Waals surface area contributed by atoms with E-state index in [0.29, 0.717) is 6.04 Å². The highest BCUT2D eigenvalue weighted by molar-refractivity contribution is 7.10. The molecule has 0 spiro atoms. The summed E-state index contributed by atoms with van der Waals surface area (Å²) in [5.41, 5.74) is 3.03. The lowest BCUT2D eigenvalue weighted by molar-refractivity contribution is -0.689. The first-order chi connectivity index (χ1) is 7.45. The highest BCUT2D eigenvalue weighted by Crippen LogP contribution is 2.27. The lowest BCUT2D eigenvalue weighted by atomic mass is 9.93. The molecule has 1 nitrogen and oxygen atoms in total. The van der Waals surface area contributed by atoms with Crippen molar-refractivity contribution in [1.82, 2.24) is 0 Å². The molecule has 1 unspecified atom stereocenters. The Labute approximate surface area is 93.8 Å². The molecule has 1 aliphatic rings. The Bertz CT molecular complexity index is 447. The molecule has 2 heteroatoms. The van der Waals surface area contributed by atoms with Crippen LogP contribution in [0.5, 0.6) is 0 Å². The Kier molecular flexibility index (Phi) is 2.31. The summed E-state index contributed by atoms with van der Waals surface area (Å²) in [5.74, 6) is 0. The molecule has 1 aromatic carbocycles. The summed E-state index contributed by atoms with van der Waals surface area (Å²) in [6.45, 7) is 1.21. The third-order valence-electron chi connectivity index (χ3n) is 3.06. The minimum absolute atomic E-state index is 0.537. The van der Waals surface area contributed by atoms with Crippen LogP contribution in [0.4, 0.5) is 0 Å². The quantitative estimate of drug-likeness (QED) is 0.750. The second kappa shape index (κ2) is 3.80. The van der Waals surface area contributed by atoms with Crippen molar-refractivity contribution in [3.63, 3.8) is 0 Å². The number of rotatable bonds is 1. The molecule has 1 aliphatic heterocycles. The van der Waals surface area contributed by atoms with Gasteiger partial charge in [0.25, 0.3) is 0 Å². The van der Waals surface area contributed by atoms with E-state index < -0.39 is 0 Å². The Balaban J connectivity index is 2.06. The zero-order valence-corrected chi connectivity index (χ0v) is 9.34. The van der Waals surface area contributed by atoms with Crippen LogP contribution in [0, 0.1) is 0 Å². The molecule has 2 N–H and O–H groups in total. The van der Waals surface area contributed by atoms with E-state index in [1.165, 1.54) is 29.0 Å². The highest BCUT2D eigenvalue weighted by Gasteiger charge is 2.24. The smallest absolute Gasteiger partial charge is 0.147 e. The number of nitrogens with two attached hydrogens (primary N) is 1. The van der Waals surface area contributed by atoms with Gasteiger partial charge in [-0.25, -0.2) is 0 Å². The third-order valence-corrected chi connectivity index (χ3v) is 4.01. The van der Waals surface area contributed by atoms with Gasteiger partial charge in [-0.3, -0.25) is 0 Å². The van der Waals surface area contributed by atoms with Crippen LogP contribution in [0.2, 0.25) is 0 Å². The van der Waals surface area contributed by atoms with Crippen molar-refractivity contribution in [3.05, 3.63) is 57.8 Å². The maximum absolute atomic E-state index is 2.45. The summed E-state index contributed by atoms with van der Waals surface area (Å²) in [7, 11) is 0. The predicted octanol–water partition coefficient (Wildman–Crippen LogP) is 1.96. The van der Waals surface area contributed by atoms with E-state index in [4.69, 9.17) is 0 Å². The number of hydrogen-bond acceptors (Lipinski definition) is 1. The molecule has 76 valence electrons. The predicted molar refractivity (Wildman–Crippen MR) is 63.1 cm³/mol. The fourth-order valence-electron chi connectivity index (χ4n) is 2.34. The van der Waals surface area contributed by atoms with Crippen molar-refractivity contribution in [2.24, 2.45) is 0 Å². The van der Waals surface area contributed by atoms with Gasteiger partial charge in [-0.15, -0.1) is 11.3 Å². The SMILES string of the molecule is c1csc(C2[NH2+]CCc3ccccc32)c1. The van der Waals surface area contributed by atoms with Crippen LogP contribution >= 0.6 is 11.3 Å². The van der Waals surface area contributed by atoms with Crippen LogP contribution in [0.25, 0.3) is 0 Å². The van der Waals surface area contributed by atoms with Gasteiger partial charge in [0.2, 0.25) is 0 Å². The molecule has 2 aromatic rings. The van der Waals surface area contributed by atoms with E-state index >= 15 is 0 Å². The van der Waals surface area contributed by atoms with E-state index in [-0.39, 0.29) is 0 Å². The molecule has 0 fully saturated rings. The minimum atomic E-state index is 0.537. The van der Waals surface area contributed by atoms with Gasteiger partial charge in [0.15, 0.2) is 0 Å². The van der Waals surface area contributed by atoms with E-state index in [2.05, 4.69) is 47.1 Å². The van der Waals surface area contributed by atoms with E-state index in [1.54, 1.807) is 0 Å². The van der Waals surface area contributed by atoms with Gasteiger partial charge in [0, 0.05) is 12.0 Å². The average molecular weight is 216 g/mol. The molecule has 0 amide bonds. The van der Waals surface area contributed by atoms with Crippen molar-refractivity contribution < 1.29 is 5.32 Å². The van der Waals surface area contributed by atoms with Gasteiger partial charge in [-0.05, 0) is 17.0 Å². The maximum Gasteiger partial charge on any atom is 0.147 e. The normalized spacial score (nSPS) is 19.9. The number of benzene rings is 1. The van der Waals surface area contributed by atoms with E-state index in [9.17, 15) is 0 Å². The Morgan fingerprint density at radius 3 is 2.93 bits per heavy atom. The maximum atomic E-state index is 2.45. The van der Waals surface area contributed by atoms with Crippen LogP contribution in [0.3, 0.4) is 0 Å². The second-order valence-corrected chi connectivity index (χ2v) is 4.95. The van der Waals surface area contributed by atoms with Crippen LogP contribution in [-0.2, 0) is 6.42 Å². The van der Waals surface area contributed by atoms with Gasteiger partial charge < -0.3 is 5.32 Å². The third kappa shape index (κ3) is 1.60. The van der Waals surface area contributed by atoms with Crippen LogP contribution in [0.1, 0.15) is 22.0 Å². The van der Waals surface area contributed by atoms with Gasteiger partial charge in [-0.1, -0.05) is 30.3 Å². The van der Waals surface area contributed by atoms with E-state index in [1.807, 2.05) is 11.3 Å². The summed E-state index contributed by atoms with van der Waals surface area (Å²) < 4.78 is 0. The summed E-state index contributed by atoms with van der Waals surface area (Å²) >= 11 is 1.86. The van der Waals surface area contributed by atoms with Crippen LogP contribution in [-0.4, -0.2) is 6.54 Å². The van der Waals surface area contributed by atoms with E-state index in [0.717, 1.165) is 0 Å². The van der Waals surface area contributed by atoms with Crippen molar-refractivity contribution in [2.45, 2.75) is 12.5 Å². The molecular formula is C13H14NS+. The monoisotopic (exact) mass is 216 g/mol. The molecule has 1 aromatic heterocycles. The summed E-state index contributed by atoms with van der Waals surface area (Å²) in [6.07, 6.45) is 1.21. The minimum Gasteiger partial charge on any atom is -0.335 e. The average Bonchev–Trinajstić information content (AvgIpc) is 2.82. The lowest BCUT2D eigenvalue weighted by Crippen LogP contribution is -2.87.